The number of H-pyrrole nitrogens is 1. The van der Waals surface area contributed by atoms with Gasteiger partial charge in [-0.15, -0.1) is 0 Å². The van der Waals surface area contributed by atoms with Crippen LogP contribution in [0.4, 0.5) is 4.39 Å². The van der Waals surface area contributed by atoms with Crippen molar-refractivity contribution >= 4 is 5.91 Å². The summed E-state index contributed by atoms with van der Waals surface area (Å²) in [4.78, 5) is 18.9. The number of para-hydroxylation sites is 1. The van der Waals surface area contributed by atoms with Crippen molar-refractivity contribution in [3.63, 3.8) is 0 Å². The van der Waals surface area contributed by atoms with Crippen LogP contribution in [0.15, 0.2) is 54.6 Å². The zero-order valence-corrected chi connectivity index (χ0v) is 15.1. The number of hydrogen-bond donors (Lipinski definition) is 2. The predicted molar refractivity (Wildman–Crippen MR) is 101 cm³/mol. The molecule has 2 heterocycles. The monoisotopic (exact) mass is 381 g/mol. The Morgan fingerprint density at radius 2 is 1.96 bits per heavy atom. The first kappa shape index (κ1) is 18.1. The molecule has 4 rings (SSSR count). The molecule has 7 nitrogen and oxygen atoms in total. The van der Waals surface area contributed by atoms with E-state index in [9.17, 15) is 9.18 Å². The molecule has 1 aromatic heterocycles. The molecule has 2 aromatic carbocycles. The van der Waals surface area contributed by atoms with Gasteiger partial charge in [0.2, 0.25) is 0 Å². The van der Waals surface area contributed by atoms with E-state index in [4.69, 9.17) is 4.74 Å². The van der Waals surface area contributed by atoms with Gasteiger partial charge < -0.3 is 15.0 Å². The van der Waals surface area contributed by atoms with Gasteiger partial charge in [-0.2, -0.15) is 5.10 Å². The van der Waals surface area contributed by atoms with Gasteiger partial charge in [-0.3, -0.25) is 9.89 Å². The molecule has 3 aromatic rings. The first-order valence-corrected chi connectivity index (χ1v) is 9.07. The maximum atomic E-state index is 14.0. The molecule has 1 saturated heterocycles. The number of nitrogens with zero attached hydrogens (tertiary/aromatic N) is 3. The molecule has 2 N–H and O–H groups in total. The van der Waals surface area contributed by atoms with Gasteiger partial charge in [-0.1, -0.05) is 30.3 Å². The fourth-order valence-electron chi connectivity index (χ4n) is 3.18. The van der Waals surface area contributed by atoms with Crippen molar-refractivity contribution in [3.05, 3.63) is 66.2 Å². The Balaban J connectivity index is 1.49. The summed E-state index contributed by atoms with van der Waals surface area (Å²) >= 11 is 0. The van der Waals surface area contributed by atoms with Crippen LogP contribution >= 0.6 is 0 Å². The topological polar surface area (TPSA) is 83.1 Å². The zero-order chi connectivity index (χ0) is 19.3. The number of halogens is 1. The Morgan fingerprint density at radius 3 is 2.79 bits per heavy atom. The minimum Gasteiger partial charge on any atom is -0.484 e. The van der Waals surface area contributed by atoms with Gasteiger partial charge in [0.25, 0.3) is 5.91 Å². The molecule has 1 aliphatic heterocycles. The number of benzene rings is 2. The van der Waals surface area contributed by atoms with Gasteiger partial charge in [-0.25, -0.2) is 9.37 Å². The van der Waals surface area contributed by atoms with E-state index in [1.807, 2.05) is 18.2 Å². The van der Waals surface area contributed by atoms with E-state index < -0.39 is 0 Å². The van der Waals surface area contributed by atoms with Gasteiger partial charge in [-0.05, 0) is 24.3 Å². The number of ether oxygens (including phenoxy) is 1. The second kappa shape index (κ2) is 8.18. The fourth-order valence-corrected chi connectivity index (χ4v) is 3.18. The highest BCUT2D eigenvalue weighted by Gasteiger charge is 2.31. The van der Waals surface area contributed by atoms with E-state index in [2.05, 4.69) is 20.5 Å². The van der Waals surface area contributed by atoms with E-state index >= 15 is 0 Å². The van der Waals surface area contributed by atoms with E-state index in [-0.39, 0.29) is 30.2 Å². The average Bonchev–Trinajstić information content (AvgIpc) is 3.23. The van der Waals surface area contributed by atoms with Gasteiger partial charge in [0.05, 0.1) is 5.56 Å². The van der Waals surface area contributed by atoms with Crippen LogP contribution in [-0.4, -0.2) is 52.2 Å². The van der Waals surface area contributed by atoms with Gasteiger partial charge in [0.15, 0.2) is 12.4 Å². The lowest BCUT2D eigenvalue weighted by Gasteiger charge is -2.34. The van der Waals surface area contributed by atoms with Crippen LogP contribution in [0.2, 0.25) is 0 Å². The predicted octanol–water partition coefficient (Wildman–Crippen LogP) is 2.16. The summed E-state index contributed by atoms with van der Waals surface area (Å²) in [5.74, 6) is 0.896. The van der Waals surface area contributed by atoms with Crippen molar-refractivity contribution < 1.29 is 13.9 Å². The minimum atomic E-state index is -0.390. The van der Waals surface area contributed by atoms with Crippen LogP contribution in [0.3, 0.4) is 0 Å². The molecular weight excluding hydrogens is 361 g/mol. The van der Waals surface area contributed by atoms with Crippen molar-refractivity contribution in [2.75, 3.05) is 26.2 Å². The molecule has 0 aliphatic carbocycles. The van der Waals surface area contributed by atoms with E-state index in [0.717, 1.165) is 0 Å². The first-order valence-electron chi connectivity index (χ1n) is 9.07. The SMILES string of the molecule is O=C(COc1ccccc1)N1CCNCC1c1nc(-c2ccccc2F)n[nH]1. The van der Waals surface area contributed by atoms with Crippen LogP contribution in [-0.2, 0) is 4.79 Å². The third kappa shape index (κ3) is 3.86. The van der Waals surface area contributed by atoms with Crippen LogP contribution in [0.5, 0.6) is 5.75 Å². The van der Waals surface area contributed by atoms with Crippen molar-refractivity contribution in [1.82, 2.24) is 25.4 Å². The van der Waals surface area contributed by atoms with Crippen molar-refractivity contribution in [2.45, 2.75) is 6.04 Å². The van der Waals surface area contributed by atoms with Gasteiger partial charge >= 0.3 is 0 Å². The maximum absolute atomic E-state index is 14.0. The van der Waals surface area contributed by atoms with Crippen LogP contribution in [0.25, 0.3) is 11.4 Å². The lowest BCUT2D eigenvalue weighted by atomic mass is 10.1. The fraction of sp³-hybridized carbons (Fsp3) is 0.250. The number of aromatic nitrogens is 3. The standard InChI is InChI=1S/C20H20FN5O2/c21-16-9-5-4-8-15(16)19-23-20(25-24-19)17-12-22-10-11-26(17)18(27)13-28-14-6-2-1-3-7-14/h1-9,17,22H,10-13H2,(H,23,24,25). The van der Waals surface area contributed by atoms with Crippen LogP contribution < -0.4 is 10.1 Å². The van der Waals surface area contributed by atoms with E-state index in [1.165, 1.54) is 6.07 Å². The summed E-state index contributed by atoms with van der Waals surface area (Å²) in [6.07, 6.45) is 0. The summed E-state index contributed by atoms with van der Waals surface area (Å²) in [5.41, 5.74) is 0.319. The maximum Gasteiger partial charge on any atom is 0.261 e. The molecule has 1 atom stereocenters. The molecule has 1 unspecified atom stereocenters. The third-order valence-corrected chi connectivity index (χ3v) is 4.60. The van der Waals surface area contributed by atoms with Crippen molar-refractivity contribution in [2.24, 2.45) is 0 Å². The molecule has 28 heavy (non-hydrogen) atoms. The lowest BCUT2D eigenvalue weighted by molar-refractivity contribution is -0.137. The summed E-state index contributed by atoms with van der Waals surface area (Å²) in [5, 5.41) is 10.2. The Labute approximate surface area is 161 Å². The summed E-state index contributed by atoms with van der Waals surface area (Å²) < 4.78 is 19.6. The summed E-state index contributed by atoms with van der Waals surface area (Å²) in [6, 6.07) is 15.2. The number of piperazine rings is 1. The molecule has 8 heteroatoms. The smallest absolute Gasteiger partial charge is 0.261 e. The highest BCUT2D eigenvalue weighted by atomic mass is 19.1. The number of rotatable bonds is 5. The minimum absolute atomic E-state index is 0.0607. The Hall–Kier alpha value is -3.26. The largest absolute Gasteiger partial charge is 0.484 e. The van der Waals surface area contributed by atoms with Gasteiger partial charge in [0.1, 0.15) is 23.4 Å². The van der Waals surface area contributed by atoms with E-state index in [0.29, 0.717) is 36.8 Å². The molecule has 1 fully saturated rings. The Bertz CT molecular complexity index is 947. The summed E-state index contributed by atoms with van der Waals surface area (Å²) in [7, 11) is 0. The number of amides is 1. The van der Waals surface area contributed by atoms with Gasteiger partial charge in [0, 0.05) is 19.6 Å². The quantitative estimate of drug-likeness (QED) is 0.708. The molecule has 0 radical (unpaired) electrons. The number of carbonyl (C=O) groups is 1. The first-order chi connectivity index (χ1) is 13.7. The second-order valence-corrected chi connectivity index (χ2v) is 6.43. The number of hydrogen-bond acceptors (Lipinski definition) is 5. The summed E-state index contributed by atoms with van der Waals surface area (Å²) in [6.45, 7) is 1.68. The van der Waals surface area contributed by atoms with Crippen molar-refractivity contribution in [1.29, 1.82) is 0 Å². The van der Waals surface area contributed by atoms with E-state index in [1.54, 1.807) is 35.2 Å². The van der Waals surface area contributed by atoms with Crippen LogP contribution in [0.1, 0.15) is 11.9 Å². The number of aromatic amines is 1. The molecule has 0 saturated carbocycles. The lowest BCUT2D eigenvalue weighted by Crippen LogP contribution is -2.50. The molecule has 0 bridgehead atoms. The number of carbonyl (C=O) groups excluding carboxylic acids is 1. The van der Waals surface area contributed by atoms with Crippen LogP contribution in [0, 0.1) is 5.82 Å². The number of nitrogens with one attached hydrogen (secondary N) is 2. The molecule has 1 amide bonds. The zero-order valence-electron chi connectivity index (χ0n) is 15.1. The molecule has 144 valence electrons. The van der Waals surface area contributed by atoms with Crippen molar-refractivity contribution in [3.8, 4) is 17.1 Å². The Kier molecular flexibility index (Phi) is 5.29. The molecule has 0 spiro atoms. The third-order valence-electron chi connectivity index (χ3n) is 4.60. The highest BCUT2D eigenvalue weighted by Crippen LogP contribution is 2.24. The second-order valence-electron chi connectivity index (χ2n) is 6.43. The molecule has 1 aliphatic rings. The molecular formula is C20H20FN5O2. The average molecular weight is 381 g/mol. The normalized spacial score (nSPS) is 16.8. The Morgan fingerprint density at radius 1 is 1.18 bits per heavy atom. The highest BCUT2D eigenvalue weighted by molar-refractivity contribution is 5.78.